The van der Waals surface area contributed by atoms with Crippen LogP contribution in [0.3, 0.4) is 0 Å². The van der Waals surface area contributed by atoms with Crippen LogP contribution in [0.25, 0.3) is 0 Å². The molecule has 0 aliphatic carbocycles. The molecule has 1 unspecified atom stereocenters. The lowest BCUT2D eigenvalue weighted by atomic mass is 10.3. The highest BCUT2D eigenvalue weighted by molar-refractivity contribution is 14.1. The van der Waals surface area contributed by atoms with Crippen molar-refractivity contribution in [3.63, 3.8) is 0 Å². The number of halogens is 2. The zero-order valence-corrected chi connectivity index (χ0v) is 10.8. The van der Waals surface area contributed by atoms with Gasteiger partial charge in [0.25, 0.3) is 0 Å². The molecule has 0 aliphatic rings. The number of benzene rings is 1. The molecule has 3 nitrogen and oxygen atoms in total. The largest absolute Gasteiger partial charge is 0.379 e. The van der Waals surface area contributed by atoms with Gasteiger partial charge in [0, 0.05) is 3.57 Å². The molecule has 0 aliphatic heterocycles. The van der Waals surface area contributed by atoms with Gasteiger partial charge in [-0.1, -0.05) is 0 Å². The molecule has 0 amide bonds. The summed E-state index contributed by atoms with van der Waals surface area (Å²) >= 11 is 1.96. The van der Waals surface area contributed by atoms with Crippen LogP contribution in [0.4, 0.5) is 0 Å². The monoisotopic (exact) mass is 410 g/mol. The van der Waals surface area contributed by atoms with E-state index in [9.17, 15) is 4.21 Å². The predicted molar refractivity (Wildman–Crippen MR) is 63.3 cm³/mol. The quantitative estimate of drug-likeness (QED) is 0.602. The van der Waals surface area contributed by atoms with Gasteiger partial charge in [0.2, 0.25) is 0 Å². The van der Waals surface area contributed by atoms with E-state index < -0.39 is 11.4 Å². The van der Waals surface area contributed by atoms with E-state index in [1.165, 1.54) is 0 Å². The minimum absolute atomic E-state index is 0.428. The van der Waals surface area contributed by atoms with Gasteiger partial charge in [0.1, 0.15) is 0 Å². The molecule has 1 N–H and O–H groups in total. The van der Waals surface area contributed by atoms with E-state index in [2.05, 4.69) is 26.8 Å². The normalized spacial score (nSPS) is 12.6. The van der Waals surface area contributed by atoms with E-state index in [0.29, 0.717) is 5.75 Å². The highest BCUT2D eigenvalue weighted by Gasteiger charge is 2.03. The van der Waals surface area contributed by atoms with Crippen LogP contribution in [-0.2, 0) is 11.4 Å². The fraction of sp³-hybridized carbons (Fsp3) is 0. The van der Waals surface area contributed by atoms with Crippen LogP contribution in [0, 0.1) is 7.14 Å². The van der Waals surface area contributed by atoms with Gasteiger partial charge < -0.3 is 4.18 Å². The molecule has 1 rings (SSSR count). The Morgan fingerprint density at radius 2 is 2.08 bits per heavy atom. The Hall–Kier alpha value is 0.590. The van der Waals surface area contributed by atoms with Gasteiger partial charge in [-0.3, -0.25) is 4.55 Å². The molecule has 0 bridgehead atoms. The van der Waals surface area contributed by atoms with E-state index in [0.717, 1.165) is 7.14 Å². The number of rotatable bonds is 2. The first-order valence-corrected chi connectivity index (χ1v) is 6.03. The van der Waals surface area contributed by atoms with E-state index >= 15 is 0 Å². The van der Waals surface area contributed by atoms with Crippen molar-refractivity contribution < 1.29 is 12.9 Å². The lowest BCUT2D eigenvalue weighted by molar-refractivity contribution is 0.456. The SMILES string of the molecule is O=S(O)Oc1ccc(I)cc1I. The van der Waals surface area contributed by atoms with Gasteiger partial charge in [0.05, 0.1) is 3.57 Å². The first kappa shape index (κ1) is 10.7. The van der Waals surface area contributed by atoms with Crippen LogP contribution >= 0.6 is 45.2 Å². The summed E-state index contributed by atoms with van der Waals surface area (Å²) < 4.78 is 25.2. The van der Waals surface area contributed by atoms with Gasteiger partial charge in [-0.05, 0) is 63.4 Å². The summed E-state index contributed by atoms with van der Waals surface area (Å²) in [5, 5.41) is 0. The molecular weight excluding hydrogens is 406 g/mol. The van der Waals surface area contributed by atoms with Crippen molar-refractivity contribution in [3.8, 4) is 5.75 Å². The minimum Gasteiger partial charge on any atom is -0.379 e. The topological polar surface area (TPSA) is 46.5 Å². The van der Waals surface area contributed by atoms with Crippen molar-refractivity contribution in [1.82, 2.24) is 0 Å². The molecule has 0 saturated heterocycles. The van der Waals surface area contributed by atoms with Gasteiger partial charge in [0.15, 0.2) is 5.75 Å². The second-order valence-corrected chi connectivity index (χ2v) is 4.88. The second-order valence-electron chi connectivity index (χ2n) is 1.88. The molecule has 6 heteroatoms. The number of hydrogen-bond acceptors (Lipinski definition) is 2. The van der Waals surface area contributed by atoms with Crippen molar-refractivity contribution in [2.24, 2.45) is 0 Å². The first-order chi connectivity index (χ1) is 5.59. The summed E-state index contributed by atoms with van der Waals surface area (Å²) in [7, 11) is 0. The summed E-state index contributed by atoms with van der Waals surface area (Å²) in [5.41, 5.74) is 0. The lowest BCUT2D eigenvalue weighted by Gasteiger charge is -2.02. The van der Waals surface area contributed by atoms with Crippen molar-refractivity contribution in [3.05, 3.63) is 25.3 Å². The summed E-state index contributed by atoms with van der Waals surface area (Å²) in [4.78, 5) is 0. The second kappa shape index (κ2) is 4.72. The van der Waals surface area contributed by atoms with Gasteiger partial charge >= 0.3 is 11.4 Å². The molecule has 0 heterocycles. The first-order valence-electron chi connectivity index (χ1n) is 2.84. The van der Waals surface area contributed by atoms with Crippen LogP contribution in [-0.4, -0.2) is 8.76 Å². The van der Waals surface area contributed by atoms with Gasteiger partial charge in [-0.15, -0.1) is 0 Å². The molecule has 0 saturated carbocycles. The number of hydrogen-bond donors (Lipinski definition) is 1. The maximum atomic E-state index is 10.3. The average Bonchev–Trinajstić information content (AvgIpc) is 1.94. The van der Waals surface area contributed by atoms with Crippen molar-refractivity contribution in [2.75, 3.05) is 0 Å². The predicted octanol–water partition coefficient (Wildman–Crippen LogP) is 2.41. The van der Waals surface area contributed by atoms with Crippen LogP contribution in [0.1, 0.15) is 0 Å². The zero-order valence-electron chi connectivity index (χ0n) is 5.66. The van der Waals surface area contributed by atoms with Gasteiger partial charge in [-0.2, -0.15) is 4.21 Å². The third-order valence-electron chi connectivity index (χ3n) is 1.05. The fourth-order valence-corrected chi connectivity index (χ4v) is 2.78. The molecule has 1 aromatic carbocycles. The summed E-state index contributed by atoms with van der Waals surface area (Å²) in [6.07, 6.45) is 0. The third kappa shape index (κ3) is 3.15. The smallest absolute Gasteiger partial charge is 0.357 e. The van der Waals surface area contributed by atoms with Crippen LogP contribution < -0.4 is 4.18 Å². The Balaban J connectivity index is 2.93. The summed E-state index contributed by atoms with van der Waals surface area (Å²) in [6, 6.07) is 5.34. The van der Waals surface area contributed by atoms with Crippen LogP contribution in [0.15, 0.2) is 18.2 Å². The maximum absolute atomic E-state index is 10.3. The molecular formula is C6H4I2O3S. The summed E-state index contributed by atoms with van der Waals surface area (Å²) in [6.45, 7) is 0. The fourth-order valence-electron chi connectivity index (χ4n) is 0.620. The van der Waals surface area contributed by atoms with E-state index in [-0.39, 0.29) is 0 Å². The molecule has 1 atom stereocenters. The van der Waals surface area contributed by atoms with Crippen LogP contribution in [0.5, 0.6) is 5.75 Å². The Labute approximate surface area is 99.7 Å². The molecule has 66 valence electrons. The Bertz CT molecular complexity index is 316. The molecule has 0 spiro atoms. The third-order valence-corrected chi connectivity index (χ3v) is 2.89. The maximum Gasteiger partial charge on any atom is 0.357 e. The lowest BCUT2D eigenvalue weighted by Crippen LogP contribution is -1.98. The highest BCUT2D eigenvalue weighted by atomic mass is 127. The molecule has 0 fully saturated rings. The molecule has 0 aromatic heterocycles. The van der Waals surface area contributed by atoms with Crippen molar-refractivity contribution in [1.29, 1.82) is 0 Å². The standard InChI is InChI=1S/C6H4I2O3S/c7-4-1-2-6(5(8)3-4)11-12(9)10/h1-3H,(H,9,10). The molecule has 1 aromatic rings. The van der Waals surface area contributed by atoms with E-state index in [1.807, 2.05) is 34.7 Å². The van der Waals surface area contributed by atoms with E-state index in [4.69, 9.17) is 4.55 Å². The molecule has 0 radical (unpaired) electrons. The Kier molecular flexibility index (Phi) is 4.20. The van der Waals surface area contributed by atoms with Crippen molar-refractivity contribution in [2.45, 2.75) is 0 Å². The minimum atomic E-state index is -2.24. The van der Waals surface area contributed by atoms with E-state index in [1.54, 1.807) is 6.07 Å². The van der Waals surface area contributed by atoms with Crippen LogP contribution in [0.2, 0.25) is 0 Å². The van der Waals surface area contributed by atoms with Gasteiger partial charge in [-0.25, -0.2) is 0 Å². The Morgan fingerprint density at radius 3 is 2.58 bits per heavy atom. The average molecular weight is 410 g/mol. The zero-order chi connectivity index (χ0) is 9.14. The Morgan fingerprint density at radius 1 is 1.42 bits per heavy atom. The summed E-state index contributed by atoms with van der Waals surface area (Å²) in [5.74, 6) is 0.428. The molecule has 12 heavy (non-hydrogen) atoms. The van der Waals surface area contributed by atoms with Crippen molar-refractivity contribution >= 4 is 56.5 Å². The highest BCUT2D eigenvalue weighted by Crippen LogP contribution is 2.23.